The average Bonchev–Trinajstić information content (AvgIpc) is 3.43. The Morgan fingerprint density at radius 3 is 2.78 bits per heavy atom. The Kier molecular flexibility index (Phi) is 6.26. The normalized spacial score (nSPS) is 16.6. The fraction of sp³-hybridized carbons (Fsp3) is 0.407. The molecule has 5 rings (SSSR count). The number of carbonyl (C=O) groups is 1. The van der Waals surface area contributed by atoms with E-state index in [0.717, 1.165) is 41.4 Å². The number of esters is 1. The summed E-state index contributed by atoms with van der Waals surface area (Å²) in [5.74, 6) is -0.0470. The molecule has 3 heterocycles. The first kappa shape index (κ1) is 24.0. The molecule has 36 heavy (non-hydrogen) atoms. The standard InChI is InChI=1S/C27H31N5O4/c1-27(2,3)25(34)36-21-13-17-8-5-6-10-22(17)18(14-21)12-20-15-28-23-24(33)29-26(30-32(20)23)35-16-19-9-7-11-31(19)4/h5-6,8,10,13-15,19H,7,9,11-12,16H2,1-4H3,(H,29,30,33). The lowest BCUT2D eigenvalue weighted by Gasteiger charge is -2.18. The molecule has 2 aromatic carbocycles. The van der Waals surface area contributed by atoms with Gasteiger partial charge < -0.3 is 19.5 Å². The highest BCUT2D eigenvalue weighted by Crippen LogP contribution is 2.30. The average molecular weight is 490 g/mol. The number of imidazole rings is 1. The number of aromatic nitrogens is 4. The Morgan fingerprint density at radius 2 is 2.03 bits per heavy atom. The number of ether oxygens (including phenoxy) is 2. The summed E-state index contributed by atoms with van der Waals surface area (Å²) in [6.45, 7) is 6.98. The third-order valence-corrected chi connectivity index (χ3v) is 6.59. The second-order valence-electron chi connectivity index (χ2n) is 10.4. The third kappa shape index (κ3) is 4.83. The number of nitrogens with zero attached hydrogens (tertiary/aromatic N) is 5. The predicted octanol–water partition coefficient (Wildman–Crippen LogP) is 4.00. The van der Waals surface area contributed by atoms with Crippen molar-refractivity contribution in [3.63, 3.8) is 0 Å². The maximum atomic E-state index is 12.5. The Morgan fingerprint density at radius 1 is 1.22 bits per heavy atom. The first-order chi connectivity index (χ1) is 17.2. The molecule has 1 aliphatic heterocycles. The molecule has 1 atom stereocenters. The van der Waals surface area contributed by atoms with Gasteiger partial charge in [-0.2, -0.15) is 4.98 Å². The third-order valence-electron chi connectivity index (χ3n) is 6.59. The van der Waals surface area contributed by atoms with Gasteiger partial charge in [0.05, 0.1) is 17.3 Å². The van der Waals surface area contributed by atoms with Crippen LogP contribution in [0.5, 0.6) is 17.6 Å². The summed E-state index contributed by atoms with van der Waals surface area (Å²) < 4.78 is 13.1. The van der Waals surface area contributed by atoms with Gasteiger partial charge in [0.2, 0.25) is 5.65 Å². The van der Waals surface area contributed by atoms with Gasteiger partial charge in [0, 0.05) is 12.5 Å². The van der Waals surface area contributed by atoms with Crippen molar-refractivity contribution in [3.05, 3.63) is 53.9 Å². The lowest BCUT2D eigenvalue weighted by atomic mass is 9.97. The van der Waals surface area contributed by atoms with Crippen LogP contribution in [0.1, 0.15) is 44.9 Å². The van der Waals surface area contributed by atoms with E-state index in [-0.39, 0.29) is 23.5 Å². The molecule has 1 fully saturated rings. The van der Waals surface area contributed by atoms with E-state index >= 15 is 0 Å². The van der Waals surface area contributed by atoms with E-state index in [1.54, 1.807) is 10.7 Å². The number of benzene rings is 2. The number of carbonyl (C=O) groups excluding carboxylic acids is 1. The minimum atomic E-state index is -0.619. The maximum Gasteiger partial charge on any atom is 0.337 e. The summed E-state index contributed by atoms with van der Waals surface area (Å²) in [7, 11) is 2.08. The Hall–Kier alpha value is -3.72. The molecule has 9 heteroatoms. The van der Waals surface area contributed by atoms with E-state index < -0.39 is 5.41 Å². The first-order valence-electron chi connectivity index (χ1n) is 12.2. The van der Waals surface area contributed by atoms with Crippen molar-refractivity contribution in [3.8, 4) is 17.6 Å². The summed E-state index contributed by atoms with van der Waals surface area (Å²) in [5, 5.41) is 17.0. The van der Waals surface area contributed by atoms with Crippen molar-refractivity contribution in [2.75, 3.05) is 20.2 Å². The molecule has 0 spiro atoms. The molecule has 9 nitrogen and oxygen atoms in total. The molecule has 1 N–H and O–H groups in total. The van der Waals surface area contributed by atoms with Crippen molar-refractivity contribution in [1.82, 2.24) is 24.5 Å². The molecule has 188 valence electrons. The van der Waals surface area contributed by atoms with Gasteiger partial charge in [0.25, 0.3) is 5.88 Å². The van der Waals surface area contributed by atoms with E-state index in [9.17, 15) is 9.90 Å². The van der Waals surface area contributed by atoms with Crippen molar-refractivity contribution in [1.29, 1.82) is 0 Å². The second-order valence-corrected chi connectivity index (χ2v) is 10.4. The Bertz CT molecular complexity index is 1430. The number of fused-ring (bicyclic) bond motifs is 2. The van der Waals surface area contributed by atoms with E-state index in [1.807, 2.05) is 57.2 Å². The number of hydrogen-bond acceptors (Lipinski definition) is 8. The van der Waals surface area contributed by atoms with Crippen LogP contribution in [0, 0.1) is 5.41 Å². The van der Waals surface area contributed by atoms with Crippen LogP contribution in [0.3, 0.4) is 0 Å². The molecule has 1 unspecified atom stereocenters. The van der Waals surface area contributed by atoms with Crippen molar-refractivity contribution in [2.24, 2.45) is 5.41 Å². The molecule has 4 aromatic rings. The highest BCUT2D eigenvalue weighted by atomic mass is 16.5. The molecule has 1 saturated heterocycles. The van der Waals surface area contributed by atoms with Crippen molar-refractivity contribution >= 4 is 22.4 Å². The SMILES string of the molecule is CN1CCCC1COc1nc(O)c2ncc(Cc3cc(OC(=O)C(C)(C)C)cc4ccccc34)n2n1. The molecule has 0 bridgehead atoms. The van der Waals surface area contributed by atoms with Crippen LogP contribution >= 0.6 is 0 Å². The molecule has 0 aliphatic carbocycles. The molecule has 0 radical (unpaired) electrons. The van der Waals surface area contributed by atoms with Gasteiger partial charge >= 0.3 is 12.0 Å². The zero-order chi connectivity index (χ0) is 25.4. The Balaban J connectivity index is 1.47. The van der Waals surface area contributed by atoms with Crippen LogP contribution in [0.2, 0.25) is 0 Å². The lowest BCUT2D eigenvalue weighted by molar-refractivity contribution is -0.142. The highest BCUT2D eigenvalue weighted by Gasteiger charge is 2.25. The number of likely N-dealkylation sites (N-methyl/N-ethyl adjacent to an activating group) is 1. The second kappa shape index (κ2) is 9.39. The zero-order valence-electron chi connectivity index (χ0n) is 21.1. The predicted molar refractivity (Wildman–Crippen MR) is 135 cm³/mol. The summed E-state index contributed by atoms with van der Waals surface area (Å²) >= 11 is 0. The summed E-state index contributed by atoms with van der Waals surface area (Å²) in [6, 6.07) is 12.1. The smallest absolute Gasteiger partial charge is 0.337 e. The summed E-state index contributed by atoms with van der Waals surface area (Å²) in [4.78, 5) is 23.2. The summed E-state index contributed by atoms with van der Waals surface area (Å²) in [5.41, 5.74) is 1.33. The van der Waals surface area contributed by atoms with Gasteiger partial charge in [-0.25, -0.2) is 9.50 Å². The highest BCUT2D eigenvalue weighted by molar-refractivity contribution is 5.88. The van der Waals surface area contributed by atoms with Crippen molar-refractivity contribution in [2.45, 2.75) is 46.1 Å². The van der Waals surface area contributed by atoms with Crippen LogP contribution in [0.4, 0.5) is 0 Å². The number of rotatable bonds is 6. The van der Waals surface area contributed by atoms with Gasteiger partial charge in [0.15, 0.2) is 0 Å². The largest absolute Gasteiger partial charge is 0.490 e. The lowest BCUT2D eigenvalue weighted by Crippen LogP contribution is -2.31. The minimum absolute atomic E-state index is 0.109. The van der Waals surface area contributed by atoms with Crippen LogP contribution in [-0.4, -0.2) is 61.8 Å². The van der Waals surface area contributed by atoms with Gasteiger partial charge in [-0.05, 0) is 75.7 Å². The van der Waals surface area contributed by atoms with Gasteiger partial charge in [-0.1, -0.05) is 24.3 Å². The number of likely N-dealkylation sites (tertiary alicyclic amines) is 1. The van der Waals surface area contributed by atoms with Gasteiger partial charge in [0.1, 0.15) is 12.4 Å². The molecule has 1 aliphatic rings. The van der Waals surface area contributed by atoms with E-state index in [1.165, 1.54) is 0 Å². The monoisotopic (exact) mass is 489 g/mol. The minimum Gasteiger partial charge on any atom is -0.490 e. The van der Waals surface area contributed by atoms with Crippen molar-refractivity contribution < 1.29 is 19.4 Å². The maximum absolute atomic E-state index is 12.5. The van der Waals surface area contributed by atoms with Crippen LogP contribution < -0.4 is 9.47 Å². The topological polar surface area (TPSA) is 102 Å². The number of aromatic hydroxyl groups is 1. The fourth-order valence-electron chi connectivity index (χ4n) is 4.46. The van der Waals surface area contributed by atoms with E-state index in [4.69, 9.17) is 9.47 Å². The molecule has 0 saturated carbocycles. The molecular formula is C27H31N5O4. The van der Waals surface area contributed by atoms with Crippen LogP contribution in [0.15, 0.2) is 42.6 Å². The van der Waals surface area contributed by atoms with E-state index in [2.05, 4.69) is 27.0 Å². The fourth-order valence-corrected chi connectivity index (χ4v) is 4.46. The Labute approximate surface area is 209 Å². The molecule has 0 amide bonds. The van der Waals surface area contributed by atoms with Gasteiger partial charge in [-0.15, -0.1) is 5.10 Å². The van der Waals surface area contributed by atoms with E-state index in [0.29, 0.717) is 24.8 Å². The molecule has 2 aromatic heterocycles. The quantitative estimate of drug-likeness (QED) is 0.320. The van der Waals surface area contributed by atoms with Crippen LogP contribution in [-0.2, 0) is 11.2 Å². The zero-order valence-corrected chi connectivity index (χ0v) is 21.1. The van der Waals surface area contributed by atoms with Gasteiger partial charge in [-0.3, -0.25) is 4.79 Å². The first-order valence-corrected chi connectivity index (χ1v) is 12.2. The van der Waals surface area contributed by atoms with Crippen LogP contribution in [0.25, 0.3) is 16.4 Å². The number of hydrogen-bond donors (Lipinski definition) is 1. The summed E-state index contributed by atoms with van der Waals surface area (Å²) in [6.07, 6.45) is 4.31. The molecular weight excluding hydrogens is 458 g/mol.